The van der Waals surface area contributed by atoms with Crippen LogP contribution in [0.15, 0.2) is 67.1 Å². The number of carbonyl (C=O) groups excluding carboxylic acids is 1. The van der Waals surface area contributed by atoms with Crippen LogP contribution in [-0.4, -0.2) is 35.4 Å². The SMILES string of the molecule is Cc1c(-c2cc(C(=O)Nc3ncn(Cc4ccc(Cl)cc4)n3)c3ccccc3n2)cnn1C. The van der Waals surface area contributed by atoms with Crippen LogP contribution in [0.3, 0.4) is 0 Å². The lowest BCUT2D eigenvalue weighted by atomic mass is 10.0. The Hall–Kier alpha value is -4.04. The van der Waals surface area contributed by atoms with Gasteiger partial charge in [0.1, 0.15) is 6.33 Å². The maximum atomic E-state index is 13.2. The molecule has 3 aromatic heterocycles. The lowest BCUT2D eigenvalue weighted by Gasteiger charge is -2.09. The zero-order chi connectivity index (χ0) is 22.9. The molecule has 0 radical (unpaired) electrons. The first-order chi connectivity index (χ1) is 16.0. The second kappa shape index (κ2) is 8.48. The molecule has 3 heterocycles. The van der Waals surface area contributed by atoms with Crippen molar-refractivity contribution in [2.45, 2.75) is 13.5 Å². The van der Waals surface area contributed by atoms with Gasteiger partial charge in [-0.1, -0.05) is 41.9 Å². The van der Waals surface area contributed by atoms with Crippen molar-refractivity contribution in [1.29, 1.82) is 0 Å². The molecule has 5 aromatic rings. The van der Waals surface area contributed by atoms with E-state index in [1.165, 1.54) is 0 Å². The summed E-state index contributed by atoms with van der Waals surface area (Å²) >= 11 is 5.94. The fourth-order valence-corrected chi connectivity index (χ4v) is 3.75. The molecule has 9 heteroatoms. The van der Waals surface area contributed by atoms with Gasteiger partial charge in [-0.2, -0.15) is 5.10 Å². The Bertz CT molecular complexity index is 1470. The van der Waals surface area contributed by atoms with Gasteiger partial charge in [-0.15, -0.1) is 5.10 Å². The Morgan fingerprint density at radius 2 is 1.91 bits per heavy atom. The van der Waals surface area contributed by atoms with Gasteiger partial charge in [0, 0.05) is 28.7 Å². The number of para-hydroxylation sites is 1. The summed E-state index contributed by atoms with van der Waals surface area (Å²) in [6.45, 7) is 2.48. The van der Waals surface area contributed by atoms with Gasteiger partial charge in [-0.3, -0.25) is 14.8 Å². The molecule has 0 saturated carbocycles. The van der Waals surface area contributed by atoms with Gasteiger partial charge in [-0.25, -0.2) is 14.6 Å². The molecular formula is C24H20ClN7O. The highest BCUT2D eigenvalue weighted by Crippen LogP contribution is 2.27. The van der Waals surface area contributed by atoms with E-state index in [0.717, 1.165) is 27.7 Å². The lowest BCUT2D eigenvalue weighted by molar-refractivity contribution is 0.102. The summed E-state index contributed by atoms with van der Waals surface area (Å²) in [5, 5.41) is 12.9. The number of rotatable bonds is 5. The highest BCUT2D eigenvalue weighted by Gasteiger charge is 2.17. The lowest BCUT2D eigenvalue weighted by Crippen LogP contribution is -2.14. The van der Waals surface area contributed by atoms with Crippen molar-refractivity contribution in [2.24, 2.45) is 7.05 Å². The first-order valence-corrected chi connectivity index (χ1v) is 10.7. The van der Waals surface area contributed by atoms with Crippen molar-refractivity contribution in [1.82, 2.24) is 29.5 Å². The molecule has 0 unspecified atom stereocenters. The van der Waals surface area contributed by atoms with Gasteiger partial charge >= 0.3 is 0 Å². The highest BCUT2D eigenvalue weighted by molar-refractivity contribution is 6.30. The molecule has 0 aliphatic heterocycles. The summed E-state index contributed by atoms with van der Waals surface area (Å²) < 4.78 is 3.44. The second-order valence-corrected chi connectivity index (χ2v) is 8.12. The van der Waals surface area contributed by atoms with E-state index in [2.05, 4.69) is 20.5 Å². The zero-order valence-electron chi connectivity index (χ0n) is 18.0. The molecular weight excluding hydrogens is 438 g/mol. The van der Waals surface area contributed by atoms with Gasteiger partial charge in [-0.05, 0) is 36.8 Å². The van der Waals surface area contributed by atoms with Crippen molar-refractivity contribution in [3.8, 4) is 11.3 Å². The van der Waals surface area contributed by atoms with Gasteiger partial charge in [0.05, 0.1) is 29.5 Å². The average Bonchev–Trinajstić information content (AvgIpc) is 3.40. The number of aryl methyl sites for hydroxylation is 1. The van der Waals surface area contributed by atoms with Crippen LogP contribution < -0.4 is 5.32 Å². The number of nitrogens with one attached hydrogen (secondary N) is 1. The summed E-state index contributed by atoms with van der Waals surface area (Å²) in [6, 6.07) is 16.8. The van der Waals surface area contributed by atoms with Crippen LogP contribution >= 0.6 is 11.6 Å². The van der Waals surface area contributed by atoms with Crippen LogP contribution in [0.2, 0.25) is 5.02 Å². The molecule has 0 saturated heterocycles. The Kier molecular flexibility index (Phi) is 5.35. The molecule has 164 valence electrons. The first kappa shape index (κ1) is 20.8. The number of nitrogens with zero attached hydrogens (tertiary/aromatic N) is 6. The number of benzene rings is 2. The van der Waals surface area contributed by atoms with Crippen molar-refractivity contribution >= 4 is 34.4 Å². The molecule has 0 atom stereocenters. The number of hydrogen-bond acceptors (Lipinski definition) is 5. The monoisotopic (exact) mass is 457 g/mol. The molecule has 0 aliphatic carbocycles. The largest absolute Gasteiger partial charge is 0.289 e. The van der Waals surface area contributed by atoms with E-state index < -0.39 is 0 Å². The van der Waals surface area contributed by atoms with Crippen LogP contribution in [0, 0.1) is 6.92 Å². The minimum Gasteiger partial charge on any atom is -0.289 e. The van der Waals surface area contributed by atoms with E-state index in [1.54, 1.807) is 28.0 Å². The third-order valence-corrected chi connectivity index (χ3v) is 5.74. The van der Waals surface area contributed by atoms with E-state index in [0.29, 0.717) is 22.8 Å². The second-order valence-electron chi connectivity index (χ2n) is 7.69. The predicted octanol–water partition coefficient (Wildman–Crippen LogP) is 4.49. The first-order valence-electron chi connectivity index (χ1n) is 10.3. The number of pyridine rings is 1. The van der Waals surface area contributed by atoms with Gasteiger partial charge < -0.3 is 0 Å². The topological polar surface area (TPSA) is 90.5 Å². The normalized spacial score (nSPS) is 11.1. The van der Waals surface area contributed by atoms with Crippen LogP contribution in [0.5, 0.6) is 0 Å². The van der Waals surface area contributed by atoms with Crippen molar-refractivity contribution in [2.75, 3.05) is 5.32 Å². The van der Waals surface area contributed by atoms with Crippen LogP contribution in [0.4, 0.5) is 5.95 Å². The maximum Gasteiger partial charge on any atom is 0.258 e. The molecule has 0 fully saturated rings. The minimum atomic E-state index is -0.305. The molecule has 1 amide bonds. The molecule has 8 nitrogen and oxygen atoms in total. The van der Waals surface area contributed by atoms with Gasteiger partial charge in [0.25, 0.3) is 5.91 Å². The number of amides is 1. The van der Waals surface area contributed by atoms with Crippen molar-refractivity contribution in [3.05, 3.63) is 89.0 Å². The fourth-order valence-electron chi connectivity index (χ4n) is 3.63. The Balaban J connectivity index is 1.44. The number of halogens is 1. The third-order valence-electron chi connectivity index (χ3n) is 5.49. The molecule has 5 rings (SSSR count). The summed E-state index contributed by atoms with van der Waals surface area (Å²) in [7, 11) is 1.87. The average molecular weight is 458 g/mol. The summed E-state index contributed by atoms with van der Waals surface area (Å²) in [5.41, 5.74) is 4.77. The Morgan fingerprint density at radius 3 is 2.67 bits per heavy atom. The number of fused-ring (bicyclic) bond motifs is 1. The van der Waals surface area contributed by atoms with Crippen molar-refractivity contribution in [3.63, 3.8) is 0 Å². The van der Waals surface area contributed by atoms with Crippen LogP contribution in [0.25, 0.3) is 22.2 Å². The van der Waals surface area contributed by atoms with E-state index >= 15 is 0 Å². The number of aromatic nitrogens is 6. The quantitative estimate of drug-likeness (QED) is 0.420. The van der Waals surface area contributed by atoms with E-state index in [-0.39, 0.29) is 11.9 Å². The molecule has 2 aromatic carbocycles. The summed E-state index contributed by atoms with van der Waals surface area (Å²) in [5.74, 6) is -0.0744. The Labute approximate surface area is 194 Å². The smallest absolute Gasteiger partial charge is 0.258 e. The van der Waals surface area contributed by atoms with Gasteiger partial charge in [0.15, 0.2) is 0 Å². The van der Waals surface area contributed by atoms with Crippen molar-refractivity contribution < 1.29 is 4.79 Å². The predicted molar refractivity (Wildman–Crippen MR) is 127 cm³/mol. The molecule has 33 heavy (non-hydrogen) atoms. The molecule has 0 bridgehead atoms. The summed E-state index contributed by atoms with van der Waals surface area (Å²) in [4.78, 5) is 22.2. The van der Waals surface area contributed by atoms with Crippen LogP contribution in [-0.2, 0) is 13.6 Å². The maximum absolute atomic E-state index is 13.2. The number of anilines is 1. The van der Waals surface area contributed by atoms with E-state index in [4.69, 9.17) is 16.6 Å². The number of hydrogen-bond donors (Lipinski definition) is 1. The standard InChI is InChI=1S/C24H20ClN7O/c1-15-20(12-27-31(15)2)22-11-19(18-5-3-4-6-21(18)28-22)23(33)29-24-26-14-32(30-24)13-16-7-9-17(25)10-8-16/h3-12,14H,13H2,1-2H3,(H,29,30,33). The molecule has 0 aliphatic rings. The van der Waals surface area contributed by atoms with Gasteiger partial charge in [0.2, 0.25) is 5.95 Å². The number of carbonyl (C=O) groups is 1. The third kappa shape index (κ3) is 4.20. The van der Waals surface area contributed by atoms with E-state index in [1.807, 2.05) is 62.5 Å². The van der Waals surface area contributed by atoms with Crippen LogP contribution in [0.1, 0.15) is 21.6 Å². The minimum absolute atomic E-state index is 0.231. The Morgan fingerprint density at radius 1 is 1.12 bits per heavy atom. The summed E-state index contributed by atoms with van der Waals surface area (Å²) in [6.07, 6.45) is 3.34. The zero-order valence-corrected chi connectivity index (χ0v) is 18.8. The highest BCUT2D eigenvalue weighted by atomic mass is 35.5. The molecule has 1 N–H and O–H groups in total. The molecule has 0 spiro atoms. The fraction of sp³-hybridized carbons (Fsp3) is 0.125. The van der Waals surface area contributed by atoms with E-state index in [9.17, 15) is 4.79 Å².